The number of carboxylic acids is 1. The second kappa shape index (κ2) is 6.21. The van der Waals surface area contributed by atoms with E-state index in [0.29, 0.717) is 13.1 Å². The van der Waals surface area contributed by atoms with Gasteiger partial charge in [-0.1, -0.05) is 0 Å². The Hall–Kier alpha value is -1.34. The number of nitrogens with two attached hydrogens (primary N) is 2. The number of hydrogen-bond acceptors (Lipinski definition) is 4. The molecule has 0 aliphatic rings. The van der Waals surface area contributed by atoms with E-state index in [0.717, 1.165) is 0 Å². The fraction of sp³-hybridized carbons (Fsp3) is 0.667. The third-order valence-corrected chi connectivity index (χ3v) is 1.28. The first-order valence-corrected chi connectivity index (χ1v) is 3.76. The zero-order valence-corrected chi connectivity index (χ0v) is 7.12. The van der Waals surface area contributed by atoms with E-state index in [1.807, 2.05) is 0 Å². The molecule has 0 heterocycles. The van der Waals surface area contributed by atoms with E-state index < -0.39 is 18.0 Å². The van der Waals surface area contributed by atoms with Crippen LogP contribution in [0, 0.1) is 0 Å². The van der Waals surface area contributed by atoms with Gasteiger partial charge in [-0.15, -0.1) is 0 Å². The van der Waals surface area contributed by atoms with Crippen molar-refractivity contribution in [2.75, 3.05) is 19.6 Å². The molecule has 7 N–H and O–H groups in total. The minimum atomic E-state index is -1.06. The Labute approximate surface area is 75.5 Å². The summed E-state index contributed by atoms with van der Waals surface area (Å²) in [6, 6.07) is -1.53. The number of aliphatic carboxylic acids is 1. The van der Waals surface area contributed by atoms with Crippen molar-refractivity contribution in [1.29, 1.82) is 0 Å². The summed E-state index contributed by atoms with van der Waals surface area (Å²) in [5, 5.41) is 13.5. The first kappa shape index (κ1) is 11.7. The van der Waals surface area contributed by atoms with E-state index in [4.69, 9.17) is 16.6 Å². The van der Waals surface area contributed by atoms with Crippen LogP contribution >= 0.6 is 0 Å². The molecule has 0 saturated carbocycles. The number of rotatable bonds is 6. The second-order valence-corrected chi connectivity index (χ2v) is 2.44. The number of carboxylic acid groups (broad SMARTS) is 1. The van der Waals surface area contributed by atoms with Crippen LogP contribution < -0.4 is 22.1 Å². The molecule has 0 rings (SSSR count). The van der Waals surface area contributed by atoms with Crippen molar-refractivity contribution in [1.82, 2.24) is 10.6 Å². The Morgan fingerprint density at radius 3 is 2.46 bits per heavy atom. The van der Waals surface area contributed by atoms with Crippen LogP contribution in [0.4, 0.5) is 4.79 Å². The molecule has 0 aliphatic carbocycles. The monoisotopic (exact) mass is 190 g/mol. The quantitative estimate of drug-likeness (QED) is 0.299. The Morgan fingerprint density at radius 2 is 2.00 bits per heavy atom. The van der Waals surface area contributed by atoms with Gasteiger partial charge < -0.3 is 27.2 Å². The van der Waals surface area contributed by atoms with E-state index in [1.54, 1.807) is 0 Å². The van der Waals surface area contributed by atoms with Crippen LogP contribution in [0.5, 0.6) is 0 Å². The highest BCUT2D eigenvalue weighted by atomic mass is 16.4. The topological polar surface area (TPSA) is 130 Å². The molecule has 1 atom stereocenters. The lowest BCUT2D eigenvalue weighted by Gasteiger charge is -2.07. The Kier molecular flexibility index (Phi) is 5.57. The Bertz CT molecular complexity index is 185. The maximum absolute atomic E-state index is 10.2. The number of carbonyl (C=O) groups is 2. The molecule has 0 fully saturated rings. The van der Waals surface area contributed by atoms with Crippen LogP contribution in [0.25, 0.3) is 0 Å². The summed E-state index contributed by atoms with van der Waals surface area (Å²) in [5.74, 6) is -1.06. The molecule has 2 amide bonds. The predicted molar refractivity (Wildman–Crippen MR) is 46.1 cm³/mol. The number of primary amides is 1. The van der Waals surface area contributed by atoms with E-state index >= 15 is 0 Å². The average molecular weight is 190 g/mol. The largest absolute Gasteiger partial charge is 0.480 e. The van der Waals surface area contributed by atoms with Crippen LogP contribution in [0.1, 0.15) is 0 Å². The fourth-order valence-corrected chi connectivity index (χ4v) is 0.619. The number of hydrogen-bond donors (Lipinski definition) is 5. The molecule has 0 aliphatic heterocycles. The maximum atomic E-state index is 10.2. The first-order chi connectivity index (χ1) is 6.04. The highest BCUT2D eigenvalue weighted by Crippen LogP contribution is 1.73. The highest BCUT2D eigenvalue weighted by molar-refractivity contribution is 5.73. The van der Waals surface area contributed by atoms with Crippen molar-refractivity contribution in [3.63, 3.8) is 0 Å². The molecule has 0 saturated heterocycles. The molecule has 7 nitrogen and oxygen atoms in total. The van der Waals surface area contributed by atoms with Crippen LogP contribution in [0.3, 0.4) is 0 Å². The van der Waals surface area contributed by atoms with E-state index in [9.17, 15) is 9.59 Å². The highest BCUT2D eigenvalue weighted by Gasteiger charge is 2.09. The third kappa shape index (κ3) is 7.04. The summed E-state index contributed by atoms with van der Waals surface area (Å²) < 4.78 is 0. The van der Waals surface area contributed by atoms with E-state index in [-0.39, 0.29) is 6.54 Å². The normalized spacial score (nSPS) is 12.1. The fourth-order valence-electron chi connectivity index (χ4n) is 0.619. The predicted octanol–water partition coefficient (Wildman–Crippen LogP) is -2.34. The van der Waals surface area contributed by atoms with E-state index in [1.165, 1.54) is 0 Å². The Balaban J connectivity index is 3.26. The third-order valence-electron chi connectivity index (χ3n) is 1.28. The number of nitrogens with one attached hydrogen (secondary N) is 2. The van der Waals surface area contributed by atoms with Gasteiger partial charge in [-0.25, -0.2) is 4.79 Å². The molecule has 0 aromatic carbocycles. The molecule has 0 spiro atoms. The van der Waals surface area contributed by atoms with Crippen LogP contribution in [0.2, 0.25) is 0 Å². The van der Waals surface area contributed by atoms with Crippen LogP contribution in [0.15, 0.2) is 0 Å². The molecule has 7 heteroatoms. The Morgan fingerprint density at radius 1 is 1.38 bits per heavy atom. The summed E-state index contributed by atoms with van der Waals surface area (Å²) in [5.41, 5.74) is 9.97. The van der Waals surface area contributed by atoms with Gasteiger partial charge in [0.05, 0.1) is 0 Å². The molecular weight excluding hydrogens is 176 g/mol. The standard InChI is InChI=1S/C6H14N4O3/c7-4(5(11)12)3-9-1-2-10-6(8)13/h4,9H,1-3,7H2,(H,11,12)(H3,8,10,13). The lowest BCUT2D eigenvalue weighted by molar-refractivity contribution is -0.138. The zero-order valence-electron chi connectivity index (χ0n) is 7.12. The van der Waals surface area contributed by atoms with Crippen molar-refractivity contribution in [2.24, 2.45) is 11.5 Å². The van der Waals surface area contributed by atoms with Gasteiger partial charge in [-0.05, 0) is 0 Å². The van der Waals surface area contributed by atoms with Gasteiger partial charge in [0, 0.05) is 19.6 Å². The smallest absolute Gasteiger partial charge is 0.321 e. The van der Waals surface area contributed by atoms with Crippen molar-refractivity contribution in [3.05, 3.63) is 0 Å². The van der Waals surface area contributed by atoms with Gasteiger partial charge in [0.1, 0.15) is 6.04 Å². The molecule has 1 unspecified atom stereocenters. The van der Waals surface area contributed by atoms with Crippen LogP contribution in [-0.4, -0.2) is 42.8 Å². The molecular formula is C6H14N4O3. The zero-order chi connectivity index (χ0) is 10.3. The number of amides is 2. The van der Waals surface area contributed by atoms with Gasteiger partial charge in [-0.2, -0.15) is 0 Å². The summed E-state index contributed by atoms with van der Waals surface area (Å²) >= 11 is 0. The van der Waals surface area contributed by atoms with Gasteiger partial charge in [0.15, 0.2) is 0 Å². The summed E-state index contributed by atoms with van der Waals surface area (Å²) in [4.78, 5) is 20.4. The summed E-state index contributed by atoms with van der Waals surface area (Å²) in [7, 11) is 0. The van der Waals surface area contributed by atoms with Gasteiger partial charge in [0.2, 0.25) is 0 Å². The van der Waals surface area contributed by atoms with Crippen molar-refractivity contribution in [3.8, 4) is 0 Å². The molecule has 0 aromatic heterocycles. The lowest BCUT2D eigenvalue weighted by atomic mass is 10.3. The van der Waals surface area contributed by atoms with Crippen molar-refractivity contribution >= 4 is 12.0 Å². The minimum Gasteiger partial charge on any atom is -0.480 e. The number of carbonyl (C=O) groups excluding carboxylic acids is 1. The van der Waals surface area contributed by atoms with Gasteiger partial charge in [0.25, 0.3) is 0 Å². The van der Waals surface area contributed by atoms with Gasteiger partial charge >= 0.3 is 12.0 Å². The van der Waals surface area contributed by atoms with Gasteiger partial charge in [-0.3, -0.25) is 4.79 Å². The molecule has 0 bridgehead atoms. The lowest BCUT2D eigenvalue weighted by Crippen LogP contribution is -2.43. The second-order valence-electron chi connectivity index (χ2n) is 2.44. The number of urea groups is 1. The molecule has 76 valence electrons. The summed E-state index contributed by atoms with van der Waals surface area (Å²) in [6.45, 7) is 0.946. The van der Waals surface area contributed by atoms with E-state index in [2.05, 4.69) is 10.6 Å². The molecule has 0 aromatic rings. The van der Waals surface area contributed by atoms with Crippen molar-refractivity contribution < 1.29 is 14.7 Å². The molecule has 13 heavy (non-hydrogen) atoms. The van der Waals surface area contributed by atoms with Crippen LogP contribution in [-0.2, 0) is 4.79 Å². The summed E-state index contributed by atoms with van der Waals surface area (Å²) in [6.07, 6.45) is 0. The molecule has 0 radical (unpaired) electrons. The van der Waals surface area contributed by atoms with Crippen molar-refractivity contribution in [2.45, 2.75) is 6.04 Å². The maximum Gasteiger partial charge on any atom is 0.321 e. The minimum absolute atomic E-state index is 0.162. The first-order valence-electron chi connectivity index (χ1n) is 3.76. The SMILES string of the molecule is NC(=O)NCCNCC(N)C(=O)O. The average Bonchev–Trinajstić information content (AvgIpc) is 2.02.